The van der Waals surface area contributed by atoms with E-state index in [9.17, 15) is 22.8 Å². The van der Waals surface area contributed by atoms with Gasteiger partial charge in [0, 0.05) is 68.5 Å². The maximum atomic E-state index is 15.8. The van der Waals surface area contributed by atoms with E-state index in [4.69, 9.17) is 0 Å². The van der Waals surface area contributed by atoms with Crippen molar-refractivity contribution in [1.29, 1.82) is 0 Å². The van der Waals surface area contributed by atoms with Crippen LogP contribution in [0.2, 0.25) is 0 Å². The van der Waals surface area contributed by atoms with Crippen molar-refractivity contribution < 1.29 is 22.4 Å². The molecular weight excluding hydrogens is 566 g/mol. The highest BCUT2D eigenvalue weighted by Gasteiger charge is 2.36. The van der Waals surface area contributed by atoms with Crippen molar-refractivity contribution >= 4 is 28.8 Å². The number of aromatic amines is 1. The minimum atomic E-state index is -4.93. The number of pyridine rings is 1. The Morgan fingerprint density at radius 3 is 2.35 bits per heavy atom. The van der Waals surface area contributed by atoms with Gasteiger partial charge in [0.1, 0.15) is 5.82 Å². The maximum absolute atomic E-state index is 15.8. The van der Waals surface area contributed by atoms with Gasteiger partial charge in [-0.2, -0.15) is 13.2 Å². The average molecular weight is 600 g/mol. The Kier molecular flexibility index (Phi) is 8.28. The minimum absolute atomic E-state index is 0.0992. The Labute approximate surface area is 246 Å². The smallest absolute Gasteiger partial charge is 0.367 e. The van der Waals surface area contributed by atoms with Gasteiger partial charge in [-0.05, 0) is 57.5 Å². The fourth-order valence-electron chi connectivity index (χ4n) is 5.50. The Bertz CT molecular complexity index is 1590. The van der Waals surface area contributed by atoms with Gasteiger partial charge in [-0.15, -0.1) is 0 Å². The van der Waals surface area contributed by atoms with Crippen LogP contribution in [-0.4, -0.2) is 71.1 Å². The highest BCUT2D eigenvalue weighted by Crippen LogP contribution is 2.37. The van der Waals surface area contributed by atoms with Crippen LogP contribution in [0.15, 0.2) is 47.7 Å². The van der Waals surface area contributed by atoms with Crippen LogP contribution in [0.1, 0.15) is 47.3 Å². The number of aromatic nitrogens is 3. The lowest BCUT2D eigenvalue weighted by atomic mass is 9.97. The summed E-state index contributed by atoms with van der Waals surface area (Å²) in [5.41, 5.74) is -0.660. The second-order valence-corrected chi connectivity index (χ2v) is 11.2. The lowest BCUT2D eigenvalue weighted by Gasteiger charge is -2.44. The zero-order valence-electron chi connectivity index (χ0n) is 24.3. The number of hydrogen-bond acceptors (Lipinski definition) is 7. The molecule has 228 valence electrons. The van der Waals surface area contributed by atoms with Crippen LogP contribution in [0.25, 0.3) is 5.57 Å². The molecule has 1 saturated heterocycles. The first-order valence-electron chi connectivity index (χ1n) is 14.0. The van der Waals surface area contributed by atoms with Gasteiger partial charge in [0.15, 0.2) is 0 Å². The summed E-state index contributed by atoms with van der Waals surface area (Å²) in [6.07, 6.45) is 1.58. The van der Waals surface area contributed by atoms with E-state index in [1.165, 1.54) is 12.1 Å². The number of aryl methyl sites for hydroxylation is 1. The molecule has 1 amide bonds. The number of nitrogens with zero attached hydrogens (tertiary/aromatic N) is 5. The number of nitrogens with one attached hydrogen (secondary N) is 2. The maximum Gasteiger partial charge on any atom is 0.417 e. The highest BCUT2D eigenvalue weighted by atomic mass is 19.4. The Morgan fingerprint density at radius 1 is 1.07 bits per heavy atom. The molecule has 4 heterocycles. The minimum Gasteiger partial charge on any atom is -0.367 e. The molecule has 0 radical (unpaired) electrons. The van der Waals surface area contributed by atoms with Crippen LogP contribution in [0, 0.1) is 12.7 Å². The summed E-state index contributed by atoms with van der Waals surface area (Å²) in [5.74, 6) is -1.01. The van der Waals surface area contributed by atoms with Crippen molar-refractivity contribution in [2.24, 2.45) is 0 Å². The summed E-state index contributed by atoms with van der Waals surface area (Å²) < 4.78 is 57.0. The SMILES string of the molecule is Cc1cnc(N2CC=C(c3cc(NC(=O)c4c[nH]c(=O)cc4C(F)(F)F)c(N4CC(C)N(C)C(C)C4)cc3F)CC2)nc1. The number of anilines is 3. The first kappa shape index (κ1) is 30.2. The van der Waals surface area contributed by atoms with Gasteiger partial charge >= 0.3 is 6.18 Å². The van der Waals surface area contributed by atoms with Gasteiger partial charge in [0.25, 0.3) is 5.91 Å². The molecule has 2 unspecified atom stereocenters. The number of amides is 1. The lowest BCUT2D eigenvalue weighted by molar-refractivity contribution is -0.138. The molecule has 13 heteroatoms. The third-order valence-corrected chi connectivity index (χ3v) is 8.11. The zero-order valence-corrected chi connectivity index (χ0v) is 24.3. The monoisotopic (exact) mass is 599 g/mol. The van der Waals surface area contributed by atoms with E-state index < -0.39 is 34.6 Å². The number of piperazine rings is 1. The van der Waals surface area contributed by atoms with Gasteiger partial charge in [0.2, 0.25) is 11.5 Å². The van der Waals surface area contributed by atoms with E-state index in [1.54, 1.807) is 12.4 Å². The number of carbonyl (C=O) groups is 1. The molecule has 0 aliphatic carbocycles. The van der Waals surface area contributed by atoms with Crippen molar-refractivity contribution in [3.8, 4) is 0 Å². The van der Waals surface area contributed by atoms with Gasteiger partial charge in [-0.25, -0.2) is 14.4 Å². The van der Waals surface area contributed by atoms with Crippen LogP contribution < -0.4 is 20.7 Å². The van der Waals surface area contributed by atoms with E-state index in [2.05, 4.69) is 25.2 Å². The molecule has 0 bridgehead atoms. The summed E-state index contributed by atoms with van der Waals surface area (Å²) >= 11 is 0. The number of alkyl halides is 3. The molecule has 3 aromatic rings. The van der Waals surface area contributed by atoms with E-state index in [1.807, 2.05) is 43.7 Å². The Morgan fingerprint density at radius 2 is 1.74 bits per heavy atom. The molecule has 1 fully saturated rings. The van der Waals surface area contributed by atoms with Crippen LogP contribution in [0.5, 0.6) is 0 Å². The largest absolute Gasteiger partial charge is 0.417 e. The van der Waals surface area contributed by atoms with Crippen LogP contribution in [-0.2, 0) is 6.18 Å². The van der Waals surface area contributed by atoms with Gasteiger partial charge in [-0.3, -0.25) is 14.5 Å². The fraction of sp³-hybridized carbons (Fsp3) is 0.400. The van der Waals surface area contributed by atoms with Crippen LogP contribution in [0.3, 0.4) is 0 Å². The van der Waals surface area contributed by atoms with E-state index in [-0.39, 0.29) is 23.3 Å². The second-order valence-electron chi connectivity index (χ2n) is 11.2. The molecule has 5 rings (SSSR count). The highest BCUT2D eigenvalue weighted by molar-refractivity contribution is 6.07. The molecular formula is C30H33F4N7O2. The fourth-order valence-corrected chi connectivity index (χ4v) is 5.50. The standard InChI is InChI=1S/C30H33F4N7O2/c1-17-12-36-29(37-13-17)40-7-5-20(6-8-40)21-9-25(26(11-24(21)31)41-15-18(2)39(4)19(3)16-41)38-28(43)22-14-35-27(42)10-23(22)30(32,33)34/h5,9-14,18-19H,6-8,15-16H2,1-4H3,(H,35,42)(H,38,43). The quantitative estimate of drug-likeness (QED) is 0.410. The third kappa shape index (κ3) is 6.41. The van der Waals surface area contributed by atoms with E-state index >= 15 is 4.39 Å². The number of likely N-dealkylation sites (N-methyl/N-ethyl adjacent to an activating group) is 1. The van der Waals surface area contributed by atoms with Crippen molar-refractivity contribution in [2.75, 3.05) is 48.3 Å². The topological polar surface area (TPSA) is 97.5 Å². The molecule has 2 aliphatic rings. The first-order chi connectivity index (χ1) is 20.3. The number of carbonyl (C=O) groups excluding carboxylic acids is 1. The Hall–Kier alpha value is -4.26. The summed E-state index contributed by atoms with van der Waals surface area (Å²) in [6.45, 7) is 7.94. The molecule has 2 N–H and O–H groups in total. The second kappa shape index (κ2) is 11.8. The number of benzene rings is 1. The summed E-state index contributed by atoms with van der Waals surface area (Å²) in [6, 6.07) is 3.37. The van der Waals surface area contributed by atoms with Crippen LogP contribution in [0.4, 0.5) is 34.9 Å². The number of rotatable bonds is 5. The van der Waals surface area contributed by atoms with Gasteiger partial charge < -0.3 is 20.1 Å². The average Bonchev–Trinajstić information content (AvgIpc) is 2.96. The van der Waals surface area contributed by atoms with Crippen molar-refractivity contribution in [2.45, 2.75) is 45.5 Å². The van der Waals surface area contributed by atoms with Crippen molar-refractivity contribution in [1.82, 2.24) is 19.9 Å². The van der Waals surface area contributed by atoms with E-state index in [0.29, 0.717) is 55.9 Å². The number of halogens is 4. The predicted molar refractivity (Wildman–Crippen MR) is 157 cm³/mol. The molecule has 2 aliphatic heterocycles. The summed E-state index contributed by atoms with van der Waals surface area (Å²) in [4.78, 5) is 41.9. The molecule has 9 nitrogen and oxygen atoms in total. The number of hydrogen-bond donors (Lipinski definition) is 2. The zero-order chi connectivity index (χ0) is 31.1. The van der Waals surface area contributed by atoms with Crippen molar-refractivity contribution in [3.05, 3.63) is 81.3 Å². The molecule has 2 aromatic heterocycles. The van der Waals surface area contributed by atoms with E-state index in [0.717, 1.165) is 11.8 Å². The van der Waals surface area contributed by atoms with Gasteiger partial charge in [-0.1, -0.05) is 6.08 Å². The van der Waals surface area contributed by atoms with Gasteiger partial charge in [0.05, 0.1) is 22.5 Å². The molecule has 43 heavy (non-hydrogen) atoms. The molecule has 0 saturated carbocycles. The summed E-state index contributed by atoms with van der Waals surface area (Å²) in [5, 5.41) is 2.60. The lowest BCUT2D eigenvalue weighted by Crippen LogP contribution is -2.55. The third-order valence-electron chi connectivity index (χ3n) is 8.11. The first-order valence-corrected chi connectivity index (χ1v) is 14.0. The Balaban J connectivity index is 1.52. The molecule has 2 atom stereocenters. The summed E-state index contributed by atoms with van der Waals surface area (Å²) in [7, 11) is 1.99. The van der Waals surface area contributed by atoms with Crippen LogP contribution >= 0.6 is 0 Å². The normalized spacial score (nSPS) is 19.8. The molecule has 1 aromatic carbocycles. The number of H-pyrrole nitrogens is 1. The predicted octanol–water partition coefficient (Wildman–Crippen LogP) is 4.71. The van der Waals surface area contributed by atoms with Crippen molar-refractivity contribution in [3.63, 3.8) is 0 Å². The molecule has 0 spiro atoms.